The van der Waals surface area contributed by atoms with Crippen LogP contribution in [0.5, 0.6) is 0 Å². The van der Waals surface area contributed by atoms with Gasteiger partial charge in [-0.3, -0.25) is 4.79 Å². The first kappa shape index (κ1) is 15.1. The van der Waals surface area contributed by atoms with E-state index in [0.29, 0.717) is 17.2 Å². The molecule has 2 aromatic rings. The molecule has 0 spiro atoms. The molecule has 0 aromatic heterocycles. The average molecular weight is 314 g/mol. The van der Waals surface area contributed by atoms with E-state index in [-0.39, 0.29) is 12.0 Å². The zero-order valence-corrected chi connectivity index (χ0v) is 13.2. The standard InChI is InChI=1S/C19H20ClNO/c20-16-11-5-6-12-17(16)21-19(14-8-2-1-3-9-14)15-10-4-7-13-18(15)22/h1-3,5-6,8-9,11-12,15,19,21H,4,7,10,13H2. The number of nitrogens with one attached hydrogen (secondary N) is 1. The Morgan fingerprint density at radius 3 is 2.45 bits per heavy atom. The summed E-state index contributed by atoms with van der Waals surface area (Å²) in [5.41, 5.74) is 2.03. The molecule has 1 aliphatic rings. The number of anilines is 1. The van der Waals surface area contributed by atoms with Crippen molar-refractivity contribution in [3.05, 3.63) is 65.2 Å². The van der Waals surface area contributed by atoms with Gasteiger partial charge in [-0.15, -0.1) is 0 Å². The third-order valence-electron chi connectivity index (χ3n) is 4.35. The van der Waals surface area contributed by atoms with Gasteiger partial charge in [-0.1, -0.05) is 60.5 Å². The summed E-state index contributed by atoms with van der Waals surface area (Å²) in [6.45, 7) is 0. The van der Waals surface area contributed by atoms with Crippen LogP contribution in [0.2, 0.25) is 5.02 Å². The summed E-state index contributed by atoms with van der Waals surface area (Å²) in [6.07, 6.45) is 3.76. The van der Waals surface area contributed by atoms with Gasteiger partial charge < -0.3 is 5.32 Å². The van der Waals surface area contributed by atoms with Crippen LogP contribution >= 0.6 is 11.6 Å². The molecule has 2 unspecified atom stereocenters. The van der Waals surface area contributed by atoms with Crippen LogP contribution in [-0.4, -0.2) is 5.78 Å². The minimum Gasteiger partial charge on any atom is -0.376 e. The number of rotatable bonds is 4. The number of para-hydroxylation sites is 1. The van der Waals surface area contributed by atoms with Crippen LogP contribution in [0.25, 0.3) is 0 Å². The molecule has 0 radical (unpaired) electrons. The Labute approximate surface area is 136 Å². The van der Waals surface area contributed by atoms with Gasteiger partial charge in [0.15, 0.2) is 0 Å². The molecule has 2 atom stereocenters. The number of halogens is 1. The van der Waals surface area contributed by atoms with E-state index in [4.69, 9.17) is 11.6 Å². The van der Waals surface area contributed by atoms with Gasteiger partial charge in [0, 0.05) is 12.3 Å². The molecular formula is C19H20ClNO. The van der Waals surface area contributed by atoms with Gasteiger partial charge >= 0.3 is 0 Å². The number of Topliss-reactive ketones (excluding diaryl/α,β-unsaturated/α-hetero) is 1. The molecule has 0 bridgehead atoms. The molecule has 1 saturated carbocycles. The third kappa shape index (κ3) is 3.33. The van der Waals surface area contributed by atoms with Crippen LogP contribution in [0.4, 0.5) is 5.69 Å². The molecule has 0 amide bonds. The quantitative estimate of drug-likeness (QED) is 0.835. The van der Waals surface area contributed by atoms with Crippen molar-refractivity contribution in [2.45, 2.75) is 31.7 Å². The maximum atomic E-state index is 12.4. The summed E-state index contributed by atoms with van der Waals surface area (Å²) >= 11 is 6.28. The highest BCUT2D eigenvalue weighted by atomic mass is 35.5. The highest BCUT2D eigenvalue weighted by Gasteiger charge is 2.31. The Hall–Kier alpha value is -1.80. The van der Waals surface area contributed by atoms with Crippen LogP contribution in [0.3, 0.4) is 0 Å². The molecule has 2 aromatic carbocycles. The largest absolute Gasteiger partial charge is 0.376 e. The van der Waals surface area contributed by atoms with Crippen molar-refractivity contribution in [2.75, 3.05) is 5.32 Å². The lowest BCUT2D eigenvalue weighted by molar-refractivity contribution is -0.125. The first-order chi connectivity index (χ1) is 10.8. The maximum Gasteiger partial charge on any atom is 0.138 e. The van der Waals surface area contributed by atoms with E-state index in [0.717, 1.165) is 30.5 Å². The minimum absolute atomic E-state index is 0.0195. The van der Waals surface area contributed by atoms with Gasteiger partial charge in [-0.2, -0.15) is 0 Å². The van der Waals surface area contributed by atoms with Crippen molar-refractivity contribution in [3.63, 3.8) is 0 Å². The second kappa shape index (κ2) is 6.97. The first-order valence-corrected chi connectivity index (χ1v) is 8.22. The van der Waals surface area contributed by atoms with Gasteiger partial charge in [0.1, 0.15) is 5.78 Å². The SMILES string of the molecule is O=C1CCCCC1C(Nc1ccccc1Cl)c1ccccc1. The van der Waals surface area contributed by atoms with Gasteiger partial charge in [0.25, 0.3) is 0 Å². The zero-order chi connectivity index (χ0) is 15.4. The van der Waals surface area contributed by atoms with E-state index >= 15 is 0 Å². The van der Waals surface area contributed by atoms with E-state index in [1.807, 2.05) is 42.5 Å². The molecule has 114 valence electrons. The molecule has 0 heterocycles. The van der Waals surface area contributed by atoms with Crippen molar-refractivity contribution in [1.82, 2.24) is 0 Å². The van der Waals surface area contributed by atoms with E-state index in [1.165, 1.54) is 0 Å². The van der Waals surface area contributed by atoms with Crippen LogP contribution in [-0.2, 0) is 4.79 Å². The second-order valence-corrected chi connectivity index (χ2v) is 6.24. The molecule has 1 N–H and O–H groups in total. The number of hydrogen-bond donors (Lipinski definition) is 1. The predicted molar refractivity (Wildman–Crippen MR) is 91.2 cm³/mol. The molecule has 0 aliphatic heterocycles. The normalized spacial score (nSPS) is 19.7. The number of carbonyl (C=O) groups is 1. The van der Waals surface area contributed by atoms with E-state index < -0.39 is 0 Å². The lowest BCUT2D eigenvalue weighted by atomic mass is 9.80. The molecule has 22 heavy (non-hydrogen) atoms. The van der Waals surface area contributed by atoms with Crippen molar-refractivity contribution in [3.8, 4) is 0 Å². The maximum absolute atomic E-state index is 12.4. The van der Waals surface area contributed by atoms with Gasteiger partial charge in [0.2, 0.25) is 0 Å². The van der Waals surface area contributed by atoms with Crippen molar-refractivity contribution >= 4 is 23.1 Å². The third-order valence-corrected chi connectivity index (χ3v) is 4.68. The van der Waals surface area contributed by atoms with Gasteiger partial charge in [-0.05, 0) is 30.5 Å². The van der Waals surface area contributed by atoms with Crippen LogP contribution < -0.4 is 5.32 Å². The summed E-state index contributed by atoms with van der Waals surface area (Å²) in [4.78, 5) is 12.4. The number of hydrogen-bond acceptors (Lipinski definition) is 2. The fourth-order valence-electron chi connectivity index (χ4n) is 3.18. The molecule has 3 heteroatoms. The predicted octanol–water partition coefficient (Wildman–Crippen LogP) is 5.25. The number of benzene rings is 2. The summed E-state index contributed by atoms with van der Waals surface area (Å²) < 4.78 is 0. The Morgan fingerprint density at radius 2 is 1.73 bits per heavy atom. The molecule has 3 rings (SSSR count). The fourth-order valence-corrected chi connectivity index (χ4v) is 3.38. The monoisotopic (exact) mass is 313 g/mol. The second-order valence-electron chi connectivity index (χ2n) is 5.83. The zero-order valence-electron chi connectivity index (χ0n) is 12.5. The molecule has 2 nitrogen and oxygen atoms in total. The van der Waals surface area contributed by atoms with Crippen LogP contribution in [0, 0.1) is 5.92 Å². The lowest BCUT2D eigenvalue weighted by Crippen LogP contribution is -2.30. The van der Waals surface area contributed by atoms with Crippen molar-refractivity contribution < 1.29 is 4.79 Å². The Kier molecular flexibility index (Phi) is 4.79. The van der Waals surface area contributed by atoms with E-state index in [9.17, 15) is 4.79 Å². The van der Waals surface area contributed by atoms with E-state index in [1.54, 1.807) is 0 Å². The highest BCUT2D eigenvalue weighted by Crippen LogP contribution is 2.36. The van der Waals surface area contributed by atoms with Crippen LogP contribution in [0.15, 0.2) is 54.6 Å². The smallest absolute Gasteiger partial charge is 0.138 e. The lowest BCUT2D eigenvalue weighted by Gasteiger charge is -2.31. The fraction of sp³-hybridized carbons (Fsp3) is 0.316. The molecular weight excluding hydrogens is 294 g/mol. The number of ketones is 1. The Morgan fingerprint density at radius 1 is 1.00 bits per heavy atom. The average Bonchev–Trinajstić information content (AvgIpc) is 2.56. The Balaban J connectivity index is 1.93. The van der Waals surface area contributed by atoms with Crippen LogP contribution in [0.1, 0.15) is 37.3 Å². The summed E-state index contributed by atoms with van der Waals surface area (Å²) in [7, 11) is 0. The first-order valence-electron chi connectivity index (χ1n) is 7.84. The summed E-state index contributed by atoms with van der Waals surface area (Å²) in [5, 5.41) is 4.20. The minimum atomic E-state index is -0.0195. The van der Waals surface area contributed by atoms with Gasteiger partial charge in [-0.25, -0.2) is 0 Å². The summed E-state index contributed by atoms with van der Waals surface area (Å²) in [6, 6.07) is 17.9. The molecule has 1 fully saturated rings. The highest BCUT2D eigenvalue weighted by molar-refractivity contribution is 6.33. The van der Waals surface area contributed by atoms with Crippen molar-refractivity contribution in [1.29, 1.82) is 0 Å². The summed E-state index contributed by atoms with van der Waals surface area (Å²) in [5.74, 6) is 0.382. The molecule has 1 aliphatic carbocycles. The Bertz CT molecular complexity index is 641. The number of carbonyl (C=O) groups excluding carboxylic acids is 1. The van der Waals surface area contributed by atoms with Gasteiger partial charge in [0.05, 0.1) is 16.8 Å². The molecule has 0 saturated heterocycles. The topological polar surface area (TPSA) is 29.1 Å². The van der Waals surface area contributed by atoms with Crippen molar-refractivity contribution in [2.24, 2.45) is 5.92 Å². The van der Waals surface area contributed by atoms with E-state index in [2.05, 4.69) is 17.4 Å².